The molecule has 0 aliphatic carbocycles. The molecule has 0 saturated heterocycles. The van der Waals surface area contributed by atoms with Crippen LogP contribution in [-0.2, 0) is 16.6 Å². The van der Waals surface area contributed by atoms with E-state index < -0.39 is 10.0 Å². The summed E-state index contributed by atoms with van der Waals surface area (Å²) in [5.74, 6) is 0. The average molecular weight is 339 g/mol. The van der Waals surface area contributed by atoms with Gasteiger partial charge in [0.15, 0.2) is 0 Å². The van der Waals surface area contributed by atoms with Crippen LogP contribution in [0, 0.1) is 0 Å². The van der Waals surface area contributed by atoms with Crippen molar-refractivity contribution in [2.24, 2.45) is 0 Å². The maximum absolute atomic E-state index is 12.1. The summed E-state index contributed by atoms with van der Waals surface area (Å²) in [6.45, 7) is 1.72. The minimum Gasteiger partial charge on any atom is -0.301 e. The van der Waals surface area contributed by atoms with Crippen molar-refractivity contribution < 1.29 is 8.42 Å². The van der Waals surface area contributed by atoms with Crippen molar-refractivity contribution in [1.82, 2.24) is 9.62 Å². The summed E-state index contributed by atoms with van der Waals surface area (Å²) in [4.78, 5) is 2.34. The third-order valence-corrected chi connectivity index (χ3v) is 4.93. The number of nitrogens with one attached hydrogen (secondary N) is 1. The van der Waals surface area contributed by atoms with E-state index in [1.807, 2.05) is 31.3 Å². The van der Waals surface area contributed by atoms with Crippen molar-refractivity contribution in [3.8, 4) is 0 Å². The molecule has 0 bridgehead atoms. The Kier molecular flexibility index (Phi) is 5.97. The molecule has 6 heteroatoms. The third kappa shape index (κ3) is 5.10. The van der Waals surface area contributed by atoms with Crippen LogP contribution in [0.25, 0.3) is 0 Å². The van der Waals surface area contributed by atoms with Gasteiger partial charge in [-0.2, -0.15) is 0 Å². The van der Waals surface area contributed by atoms with Gasteiger partial charge in [-0.3, -0.25) is 0 Å². The van der Waals surface area contributed by atoms with Gasteiger partial charge in [-0.15, -0.1) is 0 Å². The SMILES string of the molecule is CN(CCNS(=O)(=O)c1ccccc1)Cc1ccc(Cl)cc1. The molecular formula is C16H19ClN2O2S. The molecule has 0 fully saturated rings. The molecule has 0 saturated carbocycles. The Labute approximate surface area is 136 Å². The van der Waals surface area contributed by atoms with Crippen molar-refractivity contribution >= 4 is 21.6 Å². The molecule has 0 aliphatic heterocycles. The first-order chi connectivity index (χ1) is 10.5. The van der Waals surface area contributed by atoms with Crippen molar-refractivity contribution in [2.45, 2.75) is 11.4 Å². The molecule has 2 aromatic carbocycles. The van der Waals surface area contributed by atoms with E-state index in [0.717, 1.165) is 12.1 Å². The first-order valence-corrected chi connectivity index (χ1v) is 8.81. The quantitative estimate of drug-likeness (QED) is 0.844. The van der Waals surface area contributed by atoms with Crippen LogP contribution in [0.4, 0.5) is 0 Å². The fourth-order valence-electron chi connectivity index (χ4n) is 2.03. The number of sulfonamides is 1. The van der Waals surface area contributed by atoms with E-state index in [2.05, 4.69) is 9.62 Å². The summed E-state index contributed by atoms with van der Waals surface area (Å²) in [6, 6.07) is 16.0. The number of hydrogen-bond acceptors (Lipinski definition) is 3. The van der Waals surface area contributed by atoms with Crippen LogP contribution in [0.2, 0.25) is 5.02 Å². The van der Waals surface area contributed by atoms with E-state index in [-0.39, 0.29) is 4.90 Å². The van der Waals surface area contributed by atoms with Crippen LogP contribution < -0.4 is 4.72 Å². The number of rotatable bonds is 7. The highest BCUT2D eigenvalue weighted by Gasteiger charge is 2.12. The number of likely N-dealkylation sites (N-methyl/N-ethyl adjacent to an activating group) is 1. The van der Waals surface area contributed by atoms with Gasteiger partial charge in [0, 0.05) is 24.7 Å². The minimum atomic E-state index is -3.43. The fraction of sp³-hybridized carbons (Fsp3) is 0.250. The number of nitrogens with zero attached hydrogens (tertiary/aromatic N) is 1. The summed E-state index contributed by atoms with van der Waals surface area (Å²) in [5.41, 5.74) is 1.14. The smallest absolute Gasteiger partial charge is 0.240 e. The molecule has 118 valence electrons. The standard InChI is InChI=1S/C16H19ClN2O2S/c1-19(13-14-7-9-15(17)10-8-14)12-11-18-22(20,21)16-5-3-2-4-6-16/h2-10,18H,11-13H2,1H3. The van der Waals surface area contributed by atoms with E-state index in [1.165, 1.54) is 0 Å². The molecule has 0 aromatic heterocycles. The largest absolute Gasteiger partial charge is 0.301 e. The Morgan fingerprint density at radius 2 is 1.68 bits per heavy atom. The van der Waals surface area contributed by atoms with Gasteiger partial charge in [-0.25, -0.2) is 13.1 Å². The van der Waals surface area contributed by atoms with Crippen LogP contribution in [-0.4, -0.2) is 33.5 Å². The molecule has 0 spiro atoms. The molecule has 0 heterocycles. The lowest BCUT2D eigenvalue weighted by atomic mass is 10.2. The van der Waals surface area contributed by atoms with Crippen molar-refractivity contribution in [1.29, 1.82) is 0 Å². The van der Waals surface area contributed by atoms with E-state index in [0.29, 0.717) is 18.1 Å². The molecule has 2 aromatic rings. The lowest BCUT2D eigenvalue weighted by molar-refractivity contribution is 0.332. The molecule has 0 unspecified atom stereocenters. The van der Waals surface area contributed by atoms with Gasteiger partial charge in [0.25, 0.3) is 0 Å². The molecule has 1 N–H and O–H groups in total. The summed E-state index contributed by atoms with van der Waals surface area (Å²) < 4.78 is 26.7. The Bertz CT molecular complexity index is 688. The molecule has 22 heavy (non-hydrogen) atoms. The highest BCUT2D eigenvalue weighted by atomic mass is 35.5. The number of benzene rings is 2. The Hall–Kier alpha value is -1.40. The molecule has 4 nitrogen and oxygen atoms in total. The molecule has 2 rings (SSSR count). The zero-order chi connectivity index (χ0) is 16.0. The van der Waals surface area contributed by atoms with Gasteiger partial charge in [0.2, 0.25) is 10.0 Å². The first-order valence-electron chi connectivity index (χ1n) is 6.95. The lowest BCUT2D eigenvalue weighted by Gasteiger charge is -2.17. The average Bonchev–Trinajstić information content (AvgIpc) is 2.50. The molecule has 0 atom stereocenters. The monoisotopic (exact) mass is 338 g/mol. The van der Waals surface area contributed by atoms with Gasteiger partial charge in [0.05, 0.1) is 4.90 Å². The second-order valence-corrected chi connectivity index (χ2v) is 7.28. The topological polar surface area (TPSA) is 49.4 Å². The summed E-state index contributed by atoms with van der Waals surface area (Å²) in [6.07, 6.45) is 0. The minimum absolute atomic E-state index is 0.287. The van der Waals surface area contributed by atoms with Gasteiger partial charge in [-0.05, 0) is 36.9 Å². The normalized spacial score (nSPS) is 11.8. The first kappa shape index (κ1) is 17.0. The van der Waals surface area contributed by atoms with Crippen molar-refractivity contribution in [2.75, 3.05) is 20.1 Å². The number of halogens is 1. The van der Waals surface area contributed by atoms with E-state index in [9.17, 15) is 8.42 Å². The van der Waals surface area contributed by atoms with Gasteiger partial charge >= 0.3 is 0 Å². The predicted molar refractivity (Wildman–Crippen MR) is 89.4 cm³/mol. The zero-order valence-corrected chi connectivity index (χ0v) is 13.9. The van der Waals surface area contributed by atoms with Gasteiger partial charge in [0.1, 0.15) is 0 Å². The molecule has 0 aliphatic rings. The maximum Gasteiger partial charge on any atom is 0.240 e. The third-order valence-electron chi connectivity index (χ3n) is 3.20. The second kappa shape index (κ2) is 7.74. The molecule has 0 amide bonds. The Morgan fingerprint density at radius 1 is 1.05 bits per heavy atom. The zero-order valence-electron chi connectivity index (χ0n) is 12.4. The van der Waals surface area contributed by atoms with Crippen LogP contribution in [0.5, 0.6) is 0 Å². The van der Waals surface area contributed by atoms with Crippen molar-refractivity contribution in [3.05, 3.63) is 65.2 Å². The molecule has 0 radical (unpaired) electrons. The van der Waals surface area contributed by atoms with Crippen LogP contribution in [0.15, 0.2) is 59.5 Å². The Balaban J connectivity index is 1.82. The number of hydrogen-bond donors (Lipinski definition) is 1. The summed E-state index contributed by atoms with van der Waals surface area (Å²) >= 11 is 5.85. The lowest BCUT2D eigenvalue weighted by Crippen LogP contribution is -2.32. The van der Waals surface area contributed by atoms with Crippen LogP contribution in [0.1, 0.15) is 5.56 Å². The summed E-state index contributed by atoms with van der Waals surface area (Å²) in [7, 11) is -1.48. The van der Waals surface area contributed by atoms with Gasteiger partial charge in [-0.1, -0.05) is 41.9 Å². The predicted octanol–water partition coefficient (Wildman–Crippen LogP) is 2.75. The highest BCUT2D eigenvalue weighted by Crippen LogP contribution is 2.11. The second-order valence-electron chi connectivity index (χ2n) is 5.08. The molecular weight excluding hydrogens is 320 g/mol. The van der Waals surface area contributed by atoms with Gasteiger partial charge < -0.3 is 4.90 Å². The van der Waals surface area contributed by atoms with E-state index in [4.69, 9.17) is 11.6 Å². The van der Waals surface area contributed by atoms with E-state index in [1.54, 1.807) is 30.3 Å². The van der Waals surface area contributed by atoms with Crippen LogP contribution >= 0.6 is 11.6 Å². The highest BCUT2D eigenvalue weighted by molar-refractivity contribution is 7.89. The maximum atomic E-state index is 12.1. The van der Waals surface area contributed by atoms with Crippen molar-refractivity contribution in [3.63, 3.8) is 0 Å². The fourth-order valence-corrected chi connectivity index (χ4v) is 3.20. The van der Waals surface area contributed by atoms with Crippen LogP contribution in [0.3, 0.4) is 0 Å². The van der Waals surface area contributed by atoms with E-state index >= 15 is 0 Å². The summed E-state index contributed by atoms with van der Waals surface area (Å²) in [5, 5.41) is 0.710. The Morgan fingerprint density at radius 3 is 2.32 bits per heavy atom.